The van der Waals surface area contributed by atoms with Gasteiger partial charge in [0.15, 0.2) is 0 Å². The molecule has 0 saturated carbocycles. The standard InChI is InChI=1S/C16H40N2O15P4/c1-13(17(9-34(19,20)21)10-35(22,23)24)5-31-7-15(3)33-8-16(4)32-6-14(2)18(11-36(25,26)27)12-37(28,29)30/h13-16H,5-12H2,1-4H3,(H2,19,20,21)(H2,22,23,24)(H2,25,26,27)(H2,28,29,30). The Morgan fingerprint density at radius 1 is 0.514 bits per heavy atom. The maximum Gasteiger partial charge on any atom is 0.339 e. The molecular formula is C16H40N2O15P4. The molecule has 0 aliphatic heterocycles. The molecule has 0 aromatic heterocycles. The summed E-state index contributed by atoms with van der Waals surface area (Å²) in [6, 6.07) is -1.45. The predicted octanol–water partition coefficient (Wildman–Crippen LogP) is -0.265. The number of hydrogen-bond acceptors (Lipinski definition) is 9. The van der Waals surface area contributed by atoms with E-state index in [1.54, 1.807) is 13.8 Å². The Labute approximate surface area is 215 Å². The highest BCUT2D eigenvalue weighted by Gasteiger charge is 2.30. The zero-order valence-corrected chi connectivity index (χ0v) is 24.7. The molecule has 4 atom stereocenters. The van der Waals surface area contributed by atoms with Crippen molar-refractivity contribution in [1.82, 2.24) is 9.80 Å². The average Bonchev–Trinajstić information content (AvgIpc) is 2.65. The quantitative estimate of drug-likeness (QED) is 0.0811. The van der Waals surface area contributed by atoms with Gasteiger partial charge in [-0.05, 0) is 27.7 Å². The Morgan fingerprint density at radius 3 is 1.16 bits per heavy atom. The van der Waals surface area contributed by atoms with Gasteiger partial charge in [-0.3, -0.25) is 28.1 Å². The Balaban J connectivity index is 4.59. The van der Waals surface area contributed by atoms with Gasteiger partial charge >= 0.3 is 30.4 Å². The zero-order chi connectivity index (χ0) is 29.2. The van der Waals surface area contributed by atoms with Crippen LogP contribution in [0.1, 0.15) is 27.7 Å². The van der Waals surface area contributed by atoms with Crippen molar-refractivity contribution >= 4 is 30.4 Å². The molecule has 0 saturated heterocycles. The second-order valence-electron chi connectivity index (χ2n) is 8.93. The van der Waals surface area contributed by atoms with Crippen molar-refractivity contribution in [2.45, 2.75) is 52.0 Å². The van der Waals surface area contributed by atoms with Gasteiger partial charge in [0, 0.05) is 12.1 Å². The summed E-state index contributed by atoms with van der Waals surface area (Å²) < 4.78 is 61.7. The molecular weight excluding hydrogens is 584 g/mol. The summed E-state index contributed by atoms with van der Waals surface area (Å²) in [6.07, 6.45) is -4.35. The molecule has 0 amide bonds. The van der Waals surface area contributed by atoms with E-state index in [4.69, 9.17) is 53.4 Å². The van der Waals surface area contributed by atoms with Crippen LogP contribution < -0.4 is 0 Å². The van der Waals surface area contributed by atoms with Crippen molar-refractivity contribution in [1.29, 1.82) is 0 Å². The van der Waals surface area contributed by atoms with E-state index in [9.17, 15) is 18.3 Å². The molecule has 4 unspecified atom stereocenters. The number of nitrogens with zero attached hydrogens (tertiary/aromatic N) is 2. The Kier molecular flexibility index (Phi) is 16.2. The summed E-state index contributed by atoms with van der Waals surface area (Å²) in [5.41, 5.74) is 0. The predicted molar refractivity (Wildman–Crippen MR) is 132 cm³/mol. The molecule has 0 spiro atoms. The highest BCUT2D eigenvalue weighted by molar-refractivity contribution is 7.53. The number of hydrogen-bond donors (Lipinski definition) is 8. The third kappa shape index (κ3) is 21.9. The molecule has 0 aliphatic carbocycles. The lowest BCUT2D eigenvalue weighted by atomic mass is 10.3. The van der Waals surface area contributed by atoms with Crippen LogP contribution in [0.25, 0.3) is 0 Å². The smallest absolute Gasteiger partial charge is 0.339 e. The van der Waals surface area contributed by atoms with Gasteiger partial charge < -0.3 is 53.4 Å². The summed E-state index contributed by atoms with van der Waals surface area (Å²) in [6.45, 7) is 6.26. The van der Waals surface area contributed by atoms with Crippen LogP contribution in [0.5, 0.6) is 0 Å². The van der Waals surface area contributed by atoms with Gasteiger partial charge in [0.2, 0.25) is 0 Å². The molecule has 0 fully saturated rings. The van der Waals surface area contributed by atoms with Crippen LogP contribution >= 0.6 is 30.4 Å². The lowest BCUT2D eigenvalue weighted by molar-refractivity contribution is -0.0677. The highest BCUT2D eigenvalue weighted by Crippen LogP contribution is 2.42. The first kappa shape index (κ1) is 37.4. The van der Waals surface area contributed by atoms with E-state index in [0.717, 1.165) is 9.80 Å². The van der Waals surface area contributed by atoms with Crippen LogP contribution in [0.2, 0.25) is 0 Å². The third-order valence-electron chi connectivity index (χ3n) is 4.66. The third-order valence-corrected chi connectivity index (χ3v) is 7.59. The minimum absolute atomic E-state index is 0.0471. The molecule has 0 aliphatic rings. The molecule has 224 valence electrons. The average molecular weight is 624 g/mol. The fourth-order valence-electron chi connectivity index (χ4n) is 2.91. The molecule has 17 nitrogen and oxygen atoms in total. The summed E-state index contributed by atoms with van der Waals surface area (Å²) in [5.74, 6) is 0. The minimum atomic E-state index is -4.57. The van der Waals surface area contributed by atoms with Crippen molar-refractivity contribution in [2.24, 2.45) is 0 Å². The first-order chi connectivity index (χ1) is 16.5. The summed E-state index contributed by atoms with van der Waals surface area (Å²) in [4.78, 5) is 75.2. The maximum absolute atomic E-state index is 11.3. The fourth-order valence-corrected chi connectivity index (χ4v) is 6.63. The van der Waals surface area contributed by atoms with Gasteiger partial charge in [0.1, 0.15) is 25.1 Å². The second kappa shape index (κ2) is 16.0. The summed E-state index contributed by atoms with van der Waals surface area (Å²) in [5, 5.41) is 0. The molecule has 0 rings (SSSR count). The van der Waals surface area contributed by atoms with E-state index in [-0.39, 0.29) is 26.4 Å². The van der Waals surface area contributed by atoms with Gasteiger partial charge in [0.05, 0.1) is 38.6 Å². The van der Waals surface area contributed by atoms with Crippen LogP contribution in [-0.4, -0.2) is 125 Å². The lowest BCUT2D eigenvalue weighted by Gasteiger charge is -2.30. The topological polar surface area (TPSA) is 264 Å². The normalized spacial score (nSPS) is 17.2. The summed E-state index contributed by atoms with van der Waals surface area (Å²) in [7, 11) is -18.3. The van der Waals surface area contributed by atoms with Crippen molar-refractivity contribution in [3.8, 4) is 0 Å². The molecule has 37 heavy (non-hydrogen) atoms. The fraction of sp³-hybridized carbons (Fsp3) is 1.00. The second-order valence-corrected chi connectivity index (χ2v) is 15.4. The molecule has 21 heteroatoms. The van der Waals surface area contributed by atoms with E-state index < -0.39 is 79.8 Å². The number of ether oxygens (including phenoxy) is 3. The monoisotopic (exact) mass is 624 g/mol. The Morgan fingerprint density at radius 2 is 0.811 bits per heavy atom. The van der Waals surface area contributed by atoms with Gasteiger partial charge in [-0.1, -0.05) is 0 Å². The first-order valence-corrected chi connectivity index (χ1v) is 18.1. The van der Waals surface area contributed by atoms with Crippen LogP contribution in [0.15, 0.2) is 0 Å². The zero-order valence-electron chi connectivity index (χ0n) is 21.1. The lowest BCUT2D eigenvalue weighted by Crippen LogP contribution is -2.39. The van der Waals surface area contributed by atoms with Crippen LogP contribution in [0, 0.1) is 0 Å². The van der Waals surface area contributed by atoms with Gasteiger partial charge in [-0.25, -0.2) is 0 Å². The van der Waals surface area contributed by atoms with E-state index in [1.807, 2.05) is 0 Å². The molecule has 0 bridgehead atoms. The van der Waals surface area contributed by atoms with Crippen molar-refractivity contribution < 1.29 is 71.6 Å². The van der Waals surface area contributed by atoms with E-state index >= 15 is 0 Å². The number of rotatable bonds is 20. The van der Waals surface area contributed by atoms with E-state index in [1.165, 1.54) is 13.8 Å². The van der Waals surface area contributed by atoms with Gasteiger partial charge in [0.25, 0.3) is 0 Å². The molecule has 0 aromatic rings. The summed E-state index contributed by atoms with van der Waals surface area (Å²) >= 11 is 0. The van der Waals surface area contributed by atoms with Crippen molar-refractivity contribution in [2.75, 3.05) is 51.6 Å². The van der Waals surface area contributed by atoms with E-state index in [2.05, 4.69) is 0 Å². The van der Waals surface area contributed by atoms with E-state index in [0.29, 0.717) is 0 Å². The molecule has 0 aromatic carbocycles. The molecule has 0 radical (unpaired) electrons. The Hall–Kier alpha value is 0.400. The minimum Gasteiger partial charge on any atom is -0.377 e. The first-order valence-electron chi connectivity index (χ1n) is 10.9. The molecule has 8 N–H and O–H groups in total. The molecule has 0 heterocycles. The highest BCUT2D eigenvalue weighted by atomic mass is 31.2. The van der Waals surface area contributed by atoms with Crippen LogP contribution in [0.3, 0.4) is 0 Å². The van der Waals surface area contributed by atoms with Gasteiger partial charge in [-0.15, -0.1) is 0 Å². The van der Waals surface area contributed by atoms with Gasteiger partial charge in [-0.2, -0.15) is 0 Å². The van der Waals surface area contributed by atoms with Crippen molar-refractivity contribution in [3.63, 3.8) is 0 Å². The largest absolute Gasteiger partial charge is 0.377 e. The Bertz CT molecular complexity index is 807. The maximum atomic E-state index is 11.3. The van der Waals surface area contributed by atoms with Crippen LogP contribution in [-0.2, 0) is 32.5 Å². The van der Waals surface area contributed by atoms with Crippen molar-refractivity contribution in [3.05, 3.63) is 0 Å². The SMILES string of the molecule is CC(COCC(C)N(CP(=O)(O)O)CP(=O)(O)O)OCC(C)OCC(C)N(CP(=O)(O)O)CP(=O)(O)O. The van der Waals surface area contributed by atoms with Crippen LogP contribution in [0.4, 0.5) is 0 Å².